The SMILES string of the molecule is Cc1cc(C)n(-c2ccc(CNC(=O)c3cnc4c(cnn4C(C)C)c3)c(C(F)(F)F)c2)n1. The lowest BCUT2D eigenvalue weighted by Crippen LogP contribution is -2.25. The molecule has 0 fully saturated rings. The monoisotopic (exact) mass is 456 g/mol. The van der Waals surface area contributed by atoms with Crippen LogP contribution in [0.15, 0.2) is 42.7 Å². The van der Waals surface area contributed by atoms with Gasteiger partial charge in [-0.05, 0) is 57.5 Å². The molecule has 0 aliphatic carbocycles. The number of rotatable bonds is 5. The van der Waals surface area contributed by atoms with E-state index >= 15 is 0 Å². The number of hydrogen-bond donors (Lipinski definition) is 1. The number of aromatic nitrogens is 5. The van der Waals surface area contributed by atoms with Gasteiger partial charge in [0, 0.05) is 29.9 Å². The van der Waals surface area contributed by atoms with E-state index in [9.17, 15) is 18.0 Å². The summed E-state index contributed by atoms with van der Waals surface area (Å²) < 4.78 is 44.5. The molecule has 0 saturated heterocycles. The van der Waals surface area contributed by atoms with E-state index in [1.54, 1.807) is 42.9 Å². The van der Waals surface area contributed by atoms with Gasteiger partial charge in [0.15, 0.2) is 5.65 Å². The average molecular weight is 456 g/mol. The fourth-order valence-electron chi connectivity index (χ4n) is 3.72. The number of nitrogens with zero attached hydrogens (tertiary/aromatic N) is 5. The van der Waals surface area contributed by atoms with Crippen molar-refractivity contribution in [2.24, 2.45) is 0 Å². The fraction of sp³-hybridized carbons (Fsp3) is 0.304. The van der Waals surface area contributed by atoms with Crippen LogP contribution in [-0.2, 0) is 12.7 Å². The fourth-order valence-corrected chi connectivity index (χ4v) is 3.72. The molecule has 0 aliphatic rings. The van der Waals surface area contributed by atoms with E-state index in [4.69, 9.17) is 0 Å². The Bertz CT molecular complexity index is 1340. The van der Waals surface area contributed by atoms with Gasteiger partial charge in [-0.25, -0.2) is 14.3 Å². The van der Waals surface area contributed by atoms with Crippen molar-refractivity contribution >= 4 is 16.9 Å². The van der Waals surface area contributed by atoms with Gasteiger partial charge in [0.1, 0.15) is 0 Å². The molecule has 172 valence electrons. The normalized spacial score (nSPS) is 12.0. The van der Waals surface area contributed by atoms with E-state index in [-0.39, 0.29) is 23.7 Å². The molecule has 7 nitrogen and oxygen atoms in total. The van der Waals surface area contributed by atoms with Gasteiger partial charge in [0.25, 0.3) is 5.91 Å². The number of carbonyl (C=O) groups is 1. The molecule has 10 heteroatoms. The van der Waals surface area contributed by atoms with Gasteiger partial charge in [-0.15, -0.1) is 0 Å². The van der Waals surface area contributed by atoms with Gasteiger partial charge in [0.2, 0.25) is 0 Å². The lowest BCUT2D eigenvalue weighted by Gasteiger charge is -2.16. The summed E-state index contributed by atoms with van der Waals surface area (Å²) in [7, 11) is 0. The standard InChI is InChI=1S/C23H23F3N6O/c1-13(2)31-21-17(12-29-31)8-18(11-27-21)22(33)28-10-16-5-6-19(9-20(16)23(24,25)26)32-15(4)7-14(3)30-32/h5-9,11-13H,10H2,1-4H3,(H,28,33). The summed E-state index contributed by atoms with van der Waals surface area (Å²) in [6.07, 6.45) is -1.58. The Morgan fingerprint density at radius 2 is 1.88 bits per heavy atom. The molecule has 0 radical (unpaired) electrons. The van der Waals surface area contributed by atoms with Crippen molar-refractivity contribution in [3.05, 3.63) is 70.8 Å². The molecule has 0 bridgehead atoms. The highest BCUT2D eigenvalue weighted by Gasteiger charge is 2.34. The third-order valence-electron chi connectivity index (χ3n) is 5.28. The van der Waals surface area contributed by atoms with Crippen LogP contribution in [0.25, 0.3) is 16.7 Å². The third-order valence-corrected chi connectivity index (χ3v) is 5.28. The van der Waals surface area contributed by atoms with E-state index in [0.717, 1.165) is 11.8 Å². The van der Waals surface area contributed by atoms with Gasteiger partial charge in [-0.3, -0.25) is 4.79 Å². The predicted molar refractivity (Wildman–Crippen MR) is 117 cm³/mol. The number of nitrogens with one attached hydrogen (secondary N) is 1. The molecule has 33 heavy (non-hydrogen) atoms. The van der Waals surface area contributed by atoms with Crippen molar-refractivity contribution in [3.8, 4) is 5.69 Å². The van der Waals surface area contributed by atoms with Gasteiger partial charge >= 0.3 is 6.18 Å². The van der Waals surface area contributed by atoms with E-state index in [1.165, 1.54) is 16.9 Å². The predicted octanol–water partition coefficient (Wildman–Crippen LogP) is 4.76. The number of pyridine rings is 1. The second kappa shape index (κ2) is 8.34. The lowest BCUT2D eigenvalue weighted by molar-refractivity contribution is -0.138. The van der Waals surface area contributed by atoms with Crippen molar-refractivity contribution in [1.29, 1.82) is 0 Å². The van der Waals surface area contributed by atoms with Crippen LogP contribution in [0.4, 0.5) is 13.2 Å². The first kappa shape index (κ1) is 22.5. The molecule has 4 rings (SSSR count). The second-order valence-corrected chi connectivity index (χ2v) is 8.18. The number of benzene rings is 1. The van der Waals surface area contributed by atoms with E-state index in [0.29, 0.717) is 22.4 Å². The molecule has 1 aromatic carbocycles. The van der Waals surface area contributed by atoms with Crippen LogP contribution >= 0.6 is 0 Å². The highest BCUT2D eigenvalue weighted by Crippen LogP contribution is 2.33. The van der Waals surface area contributed by atoms with E-state index < -0.39 is 17.6 Å². The molecular formula is C23H23F3N6O. The first-order valence-electron chi connectivity index (χ1n) is 10.4. The average Bonchev–Trinajstić information content (AvgIpc) is 3.33. The van der Waals surface area contributed by atoms with Gasteiger partial charge in [0.05, 0.1) is 28.7 Å². The topological polar surface area (TPSA) is 77.6 Å². The highest BCUT2D eigenvalue weighted by molar-refractivity contribution is 5.96. The Balaban J connectivity index is 1.58. The Kier molecular flexibility index (Phi) is 5.69. The van der Waals surface area contributed by atoms with Crippen molar-refractivity contribution in [3.63, 3.8) is 0 Å². The van der Waals surface area contributed by atoms with Gasteiger partial charge in [-0.1, -0.05) is 6.07 Å². The summed E-state index contributed by atoms with van der Waals surface area (Å²) in [5.74, 6) is -0.516. The summed E-state index contributed by atoms with van der Waals surface area (Å²) in [4.78, 5) is 16.9. The number of aryl methyl sites for hydroxylation is 2. The second-order valence-electron chi connectivity index (χ2n) is 8.18. The number of halogens is 3. The number of carbonyl (C=O) groups excluding carboxylic acids is 1. The van der Waals surface area contributed by atoms with Crippen LogP contribution in [0.5, 0.6) is 0 Å². The van der Waals surface area contributed by atoms with Crippen molar-refractivity contribution in [2.45, 2.75) is 46.5 Å². The number of amides is 1. The Labute approximate surface area is 188 Å². The van der Waals surface area contributed by atoms with Crippen molar-refractivity contribution in [2.75, 3.05) is 0 Å². The zero-order chi connectivity index (χ0) is 23.9. The van der Waals surface area contributed by atoms with Crippen LogP contribution in [0.1, 0.15) is 52.8 Å². The zero-order valence-electron chi connectivity index (χ0n) is 18.6. The molecule has 4 aromatic rings. The number of alkyl halides is 3. The quantitative estimate of drug-likeness (QED) is 0.470. The third kappa shape index (κ3) is 4.46. The van der Waals surface area contributed by atoms with Crippen LogP contribution in [0.2, 0.25) is 0 Å². The molecule has 3 aromatic heterocycles. The van der Waals surface area contributed by atoms with Gasteiger partial charge < -0.3 is 5.32 Å². The molecule has 1 amide bonds. The first-order valence-corrected chi connectivity index (χ1v) is 10.4. The first-order chi connectivity index (χ1) is 15.5. The van der Waals surface area contributed by atoms with E-state index in [1.807, 2.05) is 13.8 Å². The summed E-state index contributed by atoms with van der Waals surface area (Å²) in [5, 5.41) is 11.8. The maximum atomic E-state index is 13.8. The maximum absolute atomic E-state index is 13.8. The highest BCUT2D eigenvalue weighted by atomic mass is 19.4. The van der Waals surface area contributed by atoms with Crippen LogP contribution in [0.3, 0.4) is 0 Å². The zero-order valence-corrected chi connectivity index (χ0v) is 18.6. The maximum Gasteiger partial charge on any atom is 0.416 e. The number of fused-ring (bicyclic) bond motifs is 1. The summed E-state index contributed by atoms with van der Waals surface area (Å²) in [5.41, 5.74) is 1.77. The molecule has 0 unspecified atom stereocenters. The number of hydrogen-bond acceptors (Lipinski definition) is 4. The molecular weight excluding hydrogens is 433 g/mol. The Morgan fingerprint density at radius 1 is 1.12 bits per heavy atom. The summed E-state index contributed by atoms with van der Waals surface area (Å²) in [6.45, 7) is 7.20. The Morgan fingerprint density at radius 3 is 2.52 bits per heavy atom. The van der Waals surface area contributed by atoms with Crippen LogP contribution in [0, 0.1) is 13.8 Å². The molecule has 1 N–H and O–H groups in total. The minimum absolute atomic E-state index is 0.0391. The largest absolute Gasteiger partial charge is 0.416 e. The van der Waals surface area contributed by atoms with Crippen LogP contribution in [-0.4, -0.2) is 30.5 Å². The molecule has 0 aliphatic heterocycles. The molecule has 0 spiro atoms. The smallest absolute Gasteiger partial charge is 0.348 e. The van der Waals surface area contributed by atoms with Gasteiger partial charge in [-0.2, -0.15) is 23.4 Å². The lowest BCUT2D eigenvalue weighted by atomic mass is 10.1. The summed E-state index contributed by atoms with van der Waals surface area (Å²) in [6, 6.07) is 7.49. The summed E-state index contributed by atoms with van der Waals surface area (Å²) >= 11 is 0. The minimum Gasteiger partial charge on any atom is -0.348 e. The van der Waals surface area contributed by atoms with Crippen molar-refractivity contribution in [1.82, 2.24) is 29.9 Å². The Hall–Kier alpha value is -3.69. The molecule has 0 saturated carbocycles. The minimum atomic E-state index is -4.59. The molecule has 3 heterocycles. The van der Waals surface area contributed by atoms with E-state index in [2.05, 4.69) is 20.5 Å². The molecule has 0 atom stereocenters. The van der Waals surface area contributed by atoms with Crippen LogP contribution < -0.4 is 5.32 Å². The van der Waals surface area contributed by atoms with Crippen molar-refractivity contribution < 1.29 is 18.0 Å².